The minimum absolute atomic E-state index is 0.0301. The summed E-state index contributed by atoms with van der Waals surface area (Å²) in [5.74, 6) is -1.48. The summed E-state index contributed by atoms with van der Waals surface area (Å²) in [7, 11) is 0. The van der Waals surface area contributed by atoms with Crippen molar-refractivity contribution in [1.82, 2.24) is 10.6 Å². The molecular weight excluding hydrogens is 396 g/mol. The lowest BCUT2D eigenvalue weighted by molar-refractivity contribution is -0.142. The molecule has 162 valence electrons. The van der Waals surface area contributed by atoms with E-state index in [-0.39, 0.29) is 24.9 Å². The van der Waals surface area contributed by atoms with Crippen molar-refractivity contribution in [1.29, 1.82) is 0 Å². The molecule has 2 aromatic carbocycles. The summed E-state index contributed by atoms with van der Waals surface area (Å²) >= 11 is 0. The number of alkyl carbamates (subject to hydrolysis) is 1. The molecule has 0 heterocycles. The van der Waals surface area contributed by atoms with Gasteiger partial charge in [-0.15, -0.1) is 0 Å². The molecule has 7 heteroatoms. The molecule has 2 aromatic rings. The Morgan fingerprint density at radius 3 is 2.16 bits per heavy atom. The van der Waals surface area contributed by atoms with Crippen molar-refractivity contribution < 1.29 is 24.2 Å². The van der Waals surface area contributed by atoms with E-state index in [1.807, 2.05) is 24.3 Å². The van der Waals surface area contributed by atoms with Crippen molar-refractivity contribution in [2.75, 3.05) is 6.61 Å². The summed E-state index contributed by atoms with van der Waals surface area (Å²) < 4.78 is 5.56. The van der Waals surface area contributed by atoms with E-state index in [0.717, 1.165) is 22.3 Å². The summed E-state index contributed by atoms with van der Waals surface area (Å²) in [6.07, 6.45) is 1.11. The maximum Gasteiger partial charge on any atom is 0.407 e. The Bertz CT molecular complexity index is 969. The highest BCUT2D eigenvalue weighted by atomic mass is 16.5. The minimum atomic E-state index is -1.06. The number of hydrogen-bond donors (Lipinski definition) is 3. The van der Waals surface area contributed by atoms with E-state index in [4.69, 9.17) is 9.84 Å². The van der Waals surface area contributed by atoms with Gasteiger partial charge in [-0.05, 0) is 41.5 Å². The number of carboxylic acid groups (broad SMARTS) is 1. The summed E-state index contributed by atoms with van der Waals surface area (Å²) in [4.78, 5) is 35.8. The number of ether oxygens (including phenoxy) is 1. The maximum atomic E-state index is 12.5. The number of nitrogens with one attached hydrogen (secondary N) is 2. The predicted octanol–water partition coefficient (Wildman–Crippen LogP) is 3.43. The average Bonchev–Trinajstić information content (AvgIpc) is 3.42. The van der Waals surface area contributed by atoms with E-state index in [1.165, 1.54) is 0 Å². The fourth-order valence-electron chi connectivity index (χ4n) is 4.24. The van der Waals surface area contributed by atoms with Gasteiger partial charge in [0.2, 0.25) is 5.91 Å². The highest BCUT2D eigenvalue weighted by Crippen LogP contribution is 2.44. The first kappa shape index (κ1) is 20.9. The van der Waals surface area contributed by atoms with Gasteiger partial charge in [0.25, 0.3) is 0 Å². The van der Waals surface area contributed by atoms with Gasteiger partial charge in [0, 0.05) is 12.3 Å². The van der Waals surface area contributed by atoms with Crippen LogP contribution in [0.5, 0.6) is 0 Å². The number of carbonyl (C=O) groups excluding carboxylic acids is 2. The van der Waals surface area contributed by atoms with Crippen LogP contribution < -0.4 is 10.6 Å². The van der Waals surface area contributed by atoms with Gasteiger partial charge >= 0.3 is 12.1 Å². The van der Waals surface area contributed by atoms with Crippen LogP contribution in [0.25, 0.3) is 11.1 Å². The summed E-state index contributed by atoms with van der Waals surface area (Å²) in [5, 5.41) is 14.4. The van der Waals surface area contributed by atoms with Crippen molar-refractivity contribution in [2.24, 2.45) is 0 Å². The lowest BCUT2D eigenvalue weighted by Gasteiger charge is -2.20. The second-order valence-corrected chi connectivity index (χ2v) is 8.27. The Hall–Kier alpha value is -3.35. The number of carboxylic acids is 1. The smallest absolute Gasteiger partial charge is 0.407 e. The van der Waals surface area contributed by atoms with Gasteiger partial charge in [0.05, 0.1) is 5.54 Å². The molecule has 1 unspecified atom stereocenters. The van der Waals surface area contributed by atoms with Crippen LogP contribution in [0.4, 0.5) is 4.79 Å². The Morgan fingerprint density at radius 2 is 1.65 bits per heavy atom. The quantitative estimate of drug-likeness (QED) is 0.605. The molecule has 4 rings (SSSR count). The molecule has 1 saturated carbocycles. The fourth-order valence-corrected chi connectivity index (χ4v) is 4.24. The van der Waals surface area contributed by atoms with Crippen LogP contribution in [0, 0.1) is 0 Å². The molecule has 1 fully saturated rings. The van der Waals surface area contributed by atoms with Crippen molar-refractivity contribution in [2.45, 2.75) is 50.1 Å². The molecule has 31 heavy (non-hydrogen) atoms. The Balaban J connectivity index is 1.35. The van der Waals surface area contributed by atoms with Crippen molar-refractivity contribution >= 4 is 18.0 Å². The van der Waals surface area contributed by atoms with Gasteiger partial charge in [-0.2, -0.15) is 0 Å². The maximum absolute atomic E-state index is 12.5. The average molecular weight is 422 g/mol. The van der Waals surface area contributed by atoms with Crippen molar-refractivity contribution in [3.8, 4) is 11.1 Å². The SMILES string of the molecule is CCC(NC(=O)CC1(NC(=O)OCC2c3ccccc3-c3ccccc32)CC1)C(=O)O. The molecular formula is C24H26N2O5. The van der Waals surface area contributed by atoms with E-state index >= 15 is 0 Å². The molecule has 0 aromatic heterocycles. The Labute approximate surface area is 180 Å². The van der Waals surface area contributed by atoms with Crippen LogP contribution in [-0.2, 0) is 14.3 Å². The molecule has 2 aliphatic rings. The van der Waals surface area contributed by atoms with Gasteiger partial charge in [-0.25, -0.2) is 9.59 Å². The monoisotopic (exact) mass is 422 g/mol. The summed E-state index contributed by atoms with van der Waals surface area (Å²) in [5.41, 5.74) is 3.94. The van der Waals surface area contributed by atoms with Crippen molar-refractivity contribution in [3.63, 3.8) is 0 Å². The van der Waals surface area contributed by atoms with Gasteiger partial charge < -0.3 is 20.5 Å². The predicted molar refractivity (Wildman–Crippen MR) is 115 cm³/mol. The lowest BCUT2D eigenvalue weighted by Crippen LogP contribution is -2.45. The number of aliphatic carboxylic acids is 1. The first-order valence-corrected chi connectivity index (χ1v) is 10.6. The zero-order chi connectivity index (χ0) is 22.0. The molecule has 0 saturated heterocycles. The molecule has 0 radical (unpaired) electrons. The van der Waals surface area contributed by atoms with E-state index in [9.17, 15) is 14.4 Å². The standard InChI is InChI=1S/C24H26N2O5/c1-2-20(22(28)29)25-21(27)13-24(11-12-24)26-23(30)31-14-19-17-9-5-3-7-15(17)16-8-4-6-10-18(16)19/h3-10,19-20H,2,11-14H2,1H3,(H,25,27)(H,26,30)(H,28,29). The first-order valence-electron chi connectivity index (χ1n) is 10.6. The second kappa shape index (κ2) is 8.41. The number of hydrogen-bond acceptors (Lipinski definition) is 4. The largest absolute Gasteiger partial charge is 0.480 e. The van der Waals surface area contributed by atoms with Crippen LogP contribution in [0.2, 0.25) is 0 Å². The van der Waals surface area contributed by atoms with E-state index in [2.05, 4.69) is 34.9 Å². The number of carbonyl (C=O) groups is 3. The van der Waals surface area contributed by atoms with Crippen molar-refractivity contribution in [3.05, 3.63) is 59.7 Å². The van der Waals surface area contributed by atoms with Gasteiger partial charge in [0.1, 0.15) is 12.6 Å². The molecule has 2 amide bonds. The van der Waals surface area contributed by atoms with Gasteiger partial charge in [0.15, 0.2) is 0 Å². The van der Waals surface area contributed by atoms with Crippen LogP contribution in [0.1, 0.15) is 49.7 Å². The molecule has 0 spiro atoms. The van der Waals surface area contributed by atoms with E-state index < -0.39 is 23.6 Å². The lowest BCUT2D eigenvalue weighted by atomic mass is 9.98. The minimum Gasteiger partial charge on any atom is -0.480 e. The van der Waals surface area contributed by atoms with E-state index in [0.29, 0.717) is 19.3 Å². The molecule has 3 N–H and O–H groups in total. The third-order valence-electron chi connectivity index (χ3n) is 6.10. The number of rotatable bonds is 8. The number of benzene rings is 2. The molecule has 0 aliphatic heterocycles. The van der Waals surface area contributed by atoms with Crippen LogP contribution >= 0.6 is 0 Å². The molecule has 0 bridgehead atoms. The first-order chi connectivity index (χ1) is 14.9. The van der Waals surface area contributed by atoms with Gasteiger partial charge in [-0.1, -0.05) is 55.5 Å². The zero-order valence-electron chi connectivity index (χ0n) is 17.4. The van der Waals surface area contributed by atoms with E-state index in [1.54, 1.807) is 6.92 Å². The number of amides is 2. The zero-order valence-corrected chi connectivity index (χ0v) is 17.4. The van der Waals surface area contributed by atoms with Crippen LogP contribution in [-0.4, -0.2) is 41.3 Å². The molecule has 1 atom stereocenters. The Morgan fingerprint density at radius 1 is 1.06 bits per heavy atom. The third-order valence-corrected chi connectivity index (χ3v) is 6.10. The summed E-state index contributed by atoms with van der Waals surface area (Å²) in [6.45, 7) is 1.90. The topological polar surface area (TPSA) is 105 Å². The fraction of sp³-hybridized carbons (Fsp3) is 0.375. The molecule has 7 nitrogen and oxygen atoms in total. The Kier molecular flexibility index (Phi) is 5.67. The summed E-state index contributed by atoms with van der Waals surface area (Å²) in [6, 6.07) is 15.3. The highest BCUT2D eigenvalue weighted by Gasteiger charge is 2.46. The highest BCUT2D eigenvalue weighted by molar-refractivity contribution is 5.85. The number of fused-ring (bicyclic) bond motifs is 3. The third kappa shape index (κ3) is 4.40. The van der Waals surface area contributed by atoms with Gasteiger partial charge in [-0.3, -0.25) is 4.79 Å². The van der Waals surface area contributed by atoms with Crippen LogP contribution in [0.3, 0.4) is 0 Å². The second-order valence-electron chi connectivity index (χ2n) is 8.27. The van der Waals surface area contributed by atoms with Crippen LogP contribution in [0.15, 0.2) is 48.5 Å². The molecule has 2 aliphatic carbocycles. The normalized spacial score (nSPS) is 16.5.